The molecule has 3 rings (SSSR count). The Balaban J connectivity index is 1.74. The lowest BCUT2D eigenvalue weighted by Crippen LogP contribution is -2.53. The molecule has 2 aliphatic carbocycles. The van der Waals surface area contributed by atoms with E-state index in [2.05, 4.69) is 0 Å². The highest BCUT2D eigenvalue weighted by Crippen LogP contribution is 2.39. The predicted molar refractivity (Wildman–Crippen MR) is 70.2 cm³/mol. The van der Waals surface area contributed by atoms with Gasteiger partial charge in [-0.2, -0.15) is 0 Å². The number of hydrogen-bond donors (Lipinski definition) is 1. The molecule has 0 aromatic heterocycles. The smallest absolute Gasteiger partial charge is 0.232 e. The molecule has 3 fully saturated rings. The molecule has 106 valence electrons. The largest absolute Gasteiger partial charge is 0.388 e. The Kier molecular flexibility index (Phi) is 3.37. The number of likely N-dealkylation sites (tertiary alicyclic amines) is 1. The summed E-state index contributed by atoms with van der Waals surface area (Å²) >= 11 is 0. The van der Waals surface area contributed by atoms with Gasteiger partial charge in [-0.15, -0.1) is 0 Å². The first kappa shape index (κ1) is 13.1. The van der Waals surface area contributed by atoms with Crippen LogP contribution in [0, 0.1) is 11.8 Å². The van der Waals surface area contributed by atoms with Crippen LogP contribution in [0.5, 0.6) is 0 Å². The van der Waals surface area contributed by atoms with Gasteiger partial charge in [-0.1, -0.05) is 25.7 Å². The van der Waals surface area contributed by atoms with E-state index < -0.39 is 5.60 Å². The first-order chi connectivity index (χ1) is 9.09. The Morgan fingerprint density at radius 2 is 1.53 bits per heavy atom. The Bertz CT molecular complexity index is 363. The highest BCUT2D eigenvalue weighted by Gasteiger charge is 2.47. The fourth-order valence-corrected chi connectivity index (χ4v) is 3.97. The number of piperidine rings is 1. The molecular formula is C15H23NO3. The number of imide groups is 1. The van der Waals surface area contributed by atoms with Gasteiger partial charge >= 0.3 is 0 Å². The maximum atomic E-state index is 12.3. The minimum absolute atomic E-state index is 0.0311. The van der Waals surface area contributed by atoms with Crippen LogP contribution in [-0.4, -0.2) is 34.0 Å². The van der Waals surface area contributed by atoms with Crippen LogP contribution < -0.4 is 0 Å². The van der Waals surface area contributed by atoms with Crippen LogP contribution in [0.4, 0.5) is 0 Å². The lowest BCUT2D eigenvalue weighted by molar-refractivity contribution is -0.157. The lowest BCUT2D eigenvalue weighted by atomic mass is 9.90. The van der Waals surface area contributed by atoms with Crippen molar-refractivity contribution in [2.24, 2.45) is 11.8 Å². The lowest BCUT2D eigenvalue weighted by Gasteiger charge is -2.36. The van der Waals surface area contributed by atoms with Crippen LogP contribution in [-0.2, 0) is 9.59 Å². The molecule has 1 saturated heterocycles. The molecular weight excluding hydrogens is 242 g/mol. The van der Waals surface area contributed by atoms with Gasteiger partial charge in [0.05, 0.1) is 12.1 Å². The average molecular weight is 265 g/mol. The van der Waals surface area contributed by atoms with Crippen LogP contribution in [0.15, 0.2) is 0 Å². The molecule has 0 radical (unpaired) electrons. The number of rotatable bonds is 2. The van der Waals surface area contributed by atoms with Crippen molar-refractivity contribution in [1.29, 1.82) is 0 Å². The van der Waals surface area contributed by atoms with E-state index in [4.69, 9.17) is 0 Å². The molecule has 4 nitrogen and oxygen atoms in total. The quantitative estimate of drug-likeness (QED) is 0.612. The van der Waals surface area contributed by atoms with E-state index in [1.165, 1.54) is 4.90 Å². The average Bonchev–Trinajstić information content (AvgIpc) is 2.74. The monoisotopic (exact) mass is 265 g/mol. The van der Waals surface area contributed by atoms with Gasteiger partial charge in [0, 0.05) is 11.8 Å². The molecule has 1 heterocycles. The summed E-state index contributed by atoms with van der Waals surface area (Å²) in [6.45, 7) is 0.234. The first-order valence-corrected chi connectivity index (χ1v) is 7.67. The van der Waals surface area contributed by atoms with Crippen molar-refractivity contribution in [1.82, 2.24) is 4.90 Å². The molecule has 2 saturated carbocycles. The van der Waals surface area contributed by atoms with Crippen molar-refractivity contribution in [2.45, 2.75) is 63.4 Å². The summed E-state index contributed by atoms with van der Waals surface area (Å²) in [6.07, 6.45) is 8.18. The summed E-state index contributed by atoms with van der Waals surface area (Å²) in [7, 11) is 0. The summed E-state index contributed by atoms with van der Waals surface area (Å²) in [5, 5.41) is 10.7. The third-order valence-corrected chi connectivity index (χ3v) is 5.15. The fraction of sp³-hybridized carbons (Fsp3) is 0.867. The molecule has 2 unspecified atom stereocenters. The zero-order valence-corrected chi connectivity index (χ0v) is 11.4. The van der Waals surface area contributed by atoms with Gasteiger partial charge in [-0.05, 0) is 32.1 Å². The molecule has 0 aromatic carbocycles. The van der Waals surface area contributed by atoms with Crippen molar-refractivity contribution in [3.63, 3.8) is 0 Å². The number of carbonyl (C=O) groups is 2. The minimum atomic E-state index is -0.835. The molecule has 3 aliphatic rings. The highest BCUT2D eigenvalue weighted by molar-refractivity contribution is 6.00. The standard InChI is InChI=1S/C15H23NO3/c17-13-11-5-6-12(9-11)14(18)16(13)10-15(19)7-3-1-2-4-8-15/h11-12,19H,1-10H2. The van der Waals surface area contributed by atoms with Gasteiger partial charge in [-0.3, -0.25) is 14.5 Å². The van der Waals surface area contributed by atoms with Gasteiger partial charge in [0.2, 0.25) is 11.8 Å². The van der Waals surface area contributed by atoms with Crippen molar-refractivity contribution in [2.75, 3.05) is 6.54 Å². The van der Waals surface area contributed by atoms with Crippen LogP contribution in [0.25, 0.3) is 0 Å². The number of amides is 2. The van der Waals surface area contributed by atoms with Crippen molar-refractivity contribution in [3.05, 3.63) is 0 Å². The predicted octanol–water partition coefficient (Wildman–Crippen LogP) is 1.86. The number of fused-ring (bicyclic) bond motifs is 2. The Morgan fingerprint density at radius 1 is 1.00 bits per heavy atom. The van der Waals surface area contributed by atoms with Gasteiger partial charge in [-0.25, -0.2) is 0 Å². The third kappa shape index (κ3) is 2.42. The van der Waals surface area contributed by atoms with E-state index in [1.807, 2.05) is 0 Å². The first-order valence-electron chi connectivity index (χ1n) is 7.67. The van der Waals surface area contributed by atoms with Crippen LogP contribution >= 0.6 is 0 Å². The van der Waals surface area contributed by atoms with E-state index in [-0.39, 0.29) is 30.2 Å². The fourth-order valence-electron chi connectivity index (χ4n) is 3.97. The summed E-state index contributed by atoms with van der Waals surface area (Å²) in [6, 6.07) is 0. The molecule has 1 N–H and O–H groups in total. The molecule has 0 spiro atoms. The Morgan fingerprint density at radius 3 is 2.05 bits per heavy atom. The molecule has 0 aromatic rings. The van der Waals surface area contributed by atoms with E-state index >= 15 is 0 Å². The zero-order chi connectivity index (χ0) is 13.5. The van der Waals surface area contributed by atoms with Crippen molar-refractivity contribution < 1.29 is 14.7 Å². The summed E-state index contributed by atoms with van der Waals surface area (Å²) in [4.78, 5) is 26.0. The second kappa shape index (κ2) is 4.89. The number of aliphatic hydroxyl groups is 1. The second-order valence-corrected chi connectivity index (χ2v) is 6.61. The van der Waals surface area contributed by atoms with E-state index in [1.54, 1.807) is 0 Å². The van der Waals surface area contributed by atoms with Gasteiger partial charge in [0.15, 0.2) is 0 Å². The van der Waals surface area contributed by atoms with E-state index in [0.29, 0.717) is 0 Å². The second-order valence-electron chi connectivity index (χ2n) is 6.61. The van der Waals surface area contributed by atoms with E-state index in [9.17, 15) is 14.7 Å². The molecule has 19 heavy (non-hydrogen) atoms. The minimum Gasteiger partial charge on any atom is -0.388 e. The number of carbonyl (C=O) groups excluding carboxylic acids is 2. The SMILES string of the molecule is O=C1C2CCC(C2)C(=O)N1CC1(O)CCCCCC1. The molecule has 4 heteroatoms. The van der Waals surface area contributed by atoms with Gasteiger partial charge in [0.25, 0.3) is 0 Å². The van der Waals surface area contributed by atoms with Crippen molar-refractivity contribution >= 4 is 11.8 Å². The molecule has 1 aliphatic heterocycles. The summed E-state index contributed by atoms with van der Waals surface area (Å²) in [5.41, 5.74) is -0.835. The van der Waals surface area contributed by atoms with Crippen LogP contribution in [0.2, 0.25) is 0 Å². The zero-order valence-electron chi connectivity index (χ0n) is 11.4. The third-order valence-electron chi connectivity index (χ3n) is 5.15. The van der Waals surface area contributed by atoms with Gasteiger partial charge < -0.3 is 5.11 Å². The number of β-amino-alcohol motifs (C(OH)–C–C–N with tert-alkyl or cyclic N) is 1. The molecule has 2 amide bonds. The topological polar surface area (TPSA) is 57.6 Å². The number of nitrogens with zero attached hydrogens (tertiary/aromatic N) is 1. The van der Waals surface area contributed by atoms with E-state index in [0.717, 1.165) is 57.8 Å². The van der Waals surface area contributed by atoms with Crippen LogP contribution in [0.3, 0.4) is 0 Å². The Hall–Kier alpha value is -0.900. The maximum absolute atomic E-state index is 12.3. The maximum Gasteiger partial charge on any atom is 0.232 e. The Labute approximate surface area is 114 Å². The van der Waals surface area contributed by atoms with Crippen molar-refractivity contribution in [3.8, 4) is 0 Å². The van der Waals surface area contributed by atoms with Gasteiger partial charge in [0.1, 0.15) is 0 Å². The molecule has 2 atom stereocenters. The summed E-state index contributed by atoms with van der Waals surface area (Å²) in [5.74, 6) is 0.0157. The summed E-state index contributed by atoms with van der Waals surface area (Å²) < 4.78 is 0. The number of hydrogen-bond acceptors (Lipinski definition) is 3. The van der Waals surface area contributed by atoms with Crippen LogP contribution in [0.1, 0.15) is 57.8 Å². The highest BCUT2D eigenvalue weighted by atomic mass is 16.3. The molecule has 2 bridgehead atoms. The normalized spacial score (nSPS) is 34.5.